The van der Waals surface area contributed by atoms with E-state index >= 15 is 0 Å². The van der Waals surface area contributed by atoms with Gasteiger partial charge in [-0.1, -0.05) is 11.6 Å². The third-order valence-corrected chi connectivity index (χ3v) is 2.52. The minimum absolute atomic E-state index is 0.00240. The summed E-state index contributed by atoms with van der Waals surface area (Å²) in [5.74, 6) is -0.598. The first kappa shape index (κ1) is 13.3. The van der Waals surface area contributed by atoms with Crippen LogP contribution in [0.5, 0.6) is 0 Å². The van der Waals surface area contributed by atoms with Crippen LogP contribution in [0, 0.1) is 5.82 Å². The van der Waals surface area contributed by atoms with E-state index in [2.05, 4.69) is 10.3 Å². The lowest BCUT2D eigenvalue weighted by Gasteiger charge is -2.18. The number of hydrogen-bond acceptors (Lipinski definition) is 4. The second-order valence-electron chi connectivity index (χ2n) is 3.44. The van der Waals surface area contributed by atoms with Crippen molar-refractivity contribution >= 4 is 11.6 Å². The molecule has 0 aliphatic rings. The maximum Gasteiger partial charge on any atom is 0.141 e. The third kappa shape index (κ3) is 3.38. The zero-order valence-electron chi connectivity index (χ0n) is 8.82. The van der Waals surface area contributed by atoms with E-state index in [1.54, 1.807) is 7.05 Å². The van der Waals surface area contributed by atoms with Crippen LogP contribution in [0.1, 0.15) is 18.1 Å². The lowest BCUT2D eigenvalue weighted by Crippen LogP contribution is -2.23. The largest absolute Gasteiger partial charge is 0.390 e. The molecule has 3 N–H and O–H groups in total. The molecule has 16 heavy (non-hydrogen) atoms. The molecule has 90 valence electrons. The van der Waals surface area contributed by atoms with Crippen molar-refractivity contribution in [3.8, 4) is 0 Å². The first-order valence-electron chi connectivity index (χ1n) is 4.88. The Bertz CT molecular complexity index is 352. The minimum Gasteiger partial charge on any atom is -0.390 e. The van der Waals surface area contributed by atoms with Gasteiger partial charge >= 0.3 is 0 Å². The number of pyridine rings is 1. The summed E-state index contributed by atoms with van der Waals surface area (Å²) in [4.78, 5) is 3.57. The number of halogens is 2. The van der Waals surface area contributed by atoms with Gasteiger partial charge in [0.05, 0.1) is 12.3 Å². The molecule has 0 fully saturated rings. The second kappa shape index (κ2) is 6.10. The Kier molecular flexibility index (Phi) is 5.08. The summed E-state index contributed by atoms with van der Waals surface area (Å²) in [7, 11) is 1.73. The lowest BCUT2D eigenvalue weighted by molar-refractivity contribution is 0.0137. The molecule has 2 unspecified atom stereocenters. The van der Waals surface area contributed by atoms with Gasteiger partial charge in [-0.05, 0) is 26.1 Å². The molecule has 0 radical (unpaired) electrons. The Morgan fingerprint density at radius 2 is 2.25 bits per heavy atom. The molecule has 1 heterocycles. The fourth-order valence-corrected chi connectivity index (χ4v) is 1.52. The Balaban J connectivity index is 2.78. The molecule has 4 nitrogen and oxygen atoms in total. The summed E-state index contributed by atoms with van der Waals surface area (Å²) in [5, 5.41) is 22.2. The molecule has 0 aliphatic heterocycles. The first-order chi connectivity index (χ1) is 7.56. The van der Waals surface area contributed by atoms with Crippen molar-refractivity contribution in [2.24, 2.45) is 0 Å². The van der Waals surface area contributed by atoms with E-state index in [9.17, 15) is 14.6 Å². The molecule has 1 rings (SSSR count). The van der Waals surface area contributed by atoms with Crippen LogP contribution in [0.3, 0.4) is 0 Å². The lowest BCUT2D eigenvalue weighted by atomic mass is 10.0. The Morgan fingerprint density at radius 3 is 2.88 bits per heavy atom. The summed E-state index contributed by atoms with van der Waals surface area (Å²) >= 11 is 5.70. The standard InChI is InChI=1S/C10H14ClFN2O2/c1-13-3-2-8(15)9(16)7-4-6(12)5-14-10(7)11/h4-5,8-9,13,15-16H,2-3H2,1H3. The van der Waals surface area contributed by atoms with E-state index in [1.165, 1.54) is 0 Å². The van der Waals surface area contributed by atoms with Crippen LogP contribution >= 0.6 is 11.6 Å². The molecule has 0 spiro atoms. The summed E-state index contributed by atoms with van der Waals surface area (Å²) < 4.78 is 12.9. The molecule has 2 atom stereocenters. The van der Waals surface area contributed by atoms with Crippen LogP contribution in [0.25, 0.3) is 0 Å². The average molecular weight is 249 g/mol. The fourth-order valence-electron chi connectivity index (χ4n) is 1.30. The summed E-state index contributed by atoms with van der Waals surface area (Å²) in [6.07, 6.45) is -0.944. The highest BCUT2D eigenvalue weighted by atomic mass is 35.5. The van der Waals surface area contributed by atoms with E-state index in [0.717, 1.165) is 12.3 Å². The molecule has 0 saturated carbocycles. The normalized spacial score (nSPS) is 14.8. The number of rotatable bonds is 5. The Labute approximate surface area is 98.1 Å². The van der Waals surface area contributed by atoms with Gasteiger partial charge in [-0.15, -0.1) is 0 Å². The molecule has 0 saturated heterocycles. The zero-order valence-corrected chi connectivity index (χ0v) is 9.58. The number of nitrogens with one attached hydrogen (secondary N) is 1. The topological polar surface area (TPSA) is 65.4 Å². The maximum atomic E-state index is 12.9. The van der Waals surface area contributed by atoms with Crippen LogP contribution in [0.15, 0.2) is 12.3 Å². The summed E-state index contributed by atoms with van der Waals surface area (Å²) in [6.45, 7) is 0.540. The van der Waals surface area contributed by atoms with Crippen molar-refractivity contribution < 1.29 is 14.6 Å². The van der Waals surface area contributed by atoms with Crippen molar-refractivity contribution in [2.75, 3.05) is 13.6 Å². The Morgan fingerprint density at radius 1 is 1.56 bits per heavy atom. The van der Waals surface area contributed by atoms with Crippen molar-refractivity contribution in [1.29, 1.82) is 0 Å². The van der Waals surface area contributed by atoms with E-state index in [1.807, 2.05) is 0 Å². The van der Waals surface area contributed by atoms with E-state index in [-0.39, 0.29) is 10.7 Å². The van der Waals surface area contributed by atoms with Gasteiger partial charge in [0.15, 0.2) is 0 Å². The highest BCUT2D eigenvalue weighted by Gasteiger charge is 2.21. The molecule has 0 amide bonds. The van der Waals surface area contributed by atoms with Crippen molar-refractivity contribution in [3.63, 3.8) is 0 Å². The van der Waals surface area contributed by atoms with E-state index in [4.69, 9.17) is 11.6 Å². The Hall–Kier alpha value is -0.750. The molecular weight excluding hydrogens is 235 g/mol. The van der Waals surface area contributed by atoms with Crippen molar-refractivity contribution in [1.82, 2.24) is 10.3 Å². The van der Waals surface area contributed by atoms with Crippen molar-refractivity contribution in [2.45, 2.75) is 18.6 Å². The molecule has 0 aromatic carbocycles. The third-order valence-electron chi connectivity index (χ3n) is 2.21. The van der Waals surface area contributed by atoms with Gasteiger partial charge in [0, 0.05) is 5.56 Å². The van der Waals surface area contributed by atoms with Gasteiger partial charge in [-0.2, -0.15) is 0 Å². The van der Waals surface area contributed by atoms with Crippen LogP contribution in [-0.4, -0.2) is 34.9 Å². The predicted octanol–water partition coefficient (Wildman–Crippen LogP) is 0.878. The van der Waals surface area contributed by atoms with Gasteiger partial charge < -0.3 is 15.5 Å². The van der Waals surface area contributed by atoms with Gasteiger partial charge in [-0.25, -0.2) is 9.37 Å². The number of nitrogens with zero attached hydrogens (tertiary/aromatic N) is 1. The summed E-state index contributed by atoms with van der Waals surface area (Å²) in [6, 6.07) is 1.07. The predicted molar refractivity (Wildman–Crippen MR) is 58.7 cm³/mol. The molecule has 0 bridgehead atoms. The quantitative estimate of drug-likeness (QED) is 0.677. The molecule has 6 heteroatoms. The highest BCUT2D eigenvalue weighted by Crippen LogP contribution is 2.25. The minimum atomic E-state index is -1.23. The first-order valence-corrected chi connectivity index (χ1v) is 5.25. The maximum absolute atomic E-state index is 12.9. The smallest absolute Gasteiger partial charge is 0.141 e. The second-order valence-corrected chi connectivity index (χ2v) is 3.80. The van der Waals surface area contributed by atoms with Gasteiger partial charge in [0.2, 0.25) is 0 Å². The monoisotopic (exact) mass is 248 g/mol. The van der Waals surface area contributed by atoms with Crippen LogP contribution in [0.2, 0.25) is 5.15 Å². The number of aliphatic hydroxyl groups excluding tert-OH is 2. The number of hydrogen-bond donors (Lipinski definition) is 3. The molecule has 1 aromatic rings. The van der Waals surface area contributed by atoms with E-state index < -0.39 is 18.0 Å². The van der Waals surface area contributed by atoms with Gasteiger partial charge in [0.25, 0.3) is 0 Å². The van der Waals surface area contributed by atoms with Crippen LogP contribution in [-0.2, 0) is 0 Å². The molecular formula is C10H14ClFN2O2. The van der Waals surface area contributed by atoms with Crippen LogP contribution in [0.4, 0.5) is 4.39 Å². The fraction of sp³-hybridized carbons (Fsp3) is 0.500. The number of aromatic nitrogens is 1. The number of aliphatic hydroxyl groups is 2. The average Bonchev–Trinajstić information content (AvgIpc) is 2.28. The van der Waals surface area contributed by atoms with E-state index in [0.29, 0.717) is 13.0 Å². The zero-order chi connectivity index (χ0) is 12.1. The van der Waals surface area contributed by atoms with Gasteiger partial charge in [-0.3, -0.25) is 0 Å². The summed E-state index contributed by atoms with van der Waals surface area (Å²) in [5.41, 5.74) is 0.102. The molecule has 1 aromatic heterocycles. The molecule has 0 aliphatic carbocycles. The van der Waals surface area contributed by atoms with Gasteiger partial charge in [0.1, 0.15) is 17.1 Å². The SMILES string of the molecule is CNCCC(O)C(O)c1cc(F)cnc1Cl. The van der Waals surface area contributed by atoms with Crippen LogP contribution < -0.4 is 5.32 Å². The van der Waals surface area contributed by atoms with Crippen molar-refractivity contribution in [3.05, 3.63) is 28.8 Å². The highest BCUT2D eigenvalue weighted by molar-refractivity contribution is 6.30.